The predicted octanol–water partition coefficient (Wildman–Crippen LogP) is 6.29. The molecule has 0 radical (unpaired) electrons. The predicted molar refractivity (Wildman–Crippen MR) is 146 cm³/mol. The molecule has 0 aromatic heterocycles. The van der Waals surface area contributed by atoms with E-state index in [0.29, 0.717) is 17.8 Å². The van der Waals surface area contributed by atoms with Gasteiger partial charge in [-0.1, -0.05) is 40.9 Å². The highest BCUT2D eigenvalue weighted by Gasteiger charge is 2.59. The van der Waals surface area contributed by atoms with Crippen LogP contribution in [0.2, 0.25) is 0 Å². The molecule has 212 valence electrons. The van der Waals surface area contributed by atoms with Gasteiger partial charge in [0.2, 0.25) is 5.91 Å². The third-order valence-electron chi connectivity index (χ3n) is 9.04. The minimum Gasteiger partial charge on any atom is -0.358 e. The molecular weight excluding hydrogens is 472 g/mol. The Morgan fingerprint density at radius 1 is 1.19 bits per heavy atom. The molecule has 2 fully saturated rings. The van der Waals surface area contributed by atoms with Crippen molar-refractivity contribution in [2.75, 3.05) is 13.9 Å². The molecule has 2 unspecified atom stereocenters. The normalized spacial score (nSPS) is 33.7. The number of hydrogen-bond acceptors (Lipinski definition) is 6. The smallest absolute Gasteiger partial charge is 0.296 e. The summed E-state index contributed by atoms with van der Waals surface area (Å²) >= 11 is 0. The molecule has 2 saturated carbocycles. The second kappa shape index (κ2) is 12.5. The van der Waals surface area contributed by atoms with E-state index in [9.17, 15) is 19.7 Å². The third-order valence-corrected chi connectivity index (χ3v) is 9.04. The van der Waals surface area contributed by atoms with Crippen LogP contribution in [0.25, 0.3) is 0 Å². The molecule has 4 aliphatic carbocycles. The highest BCUT2D eigenvalue weighted by Crippen LogP contribution is 2.65. The number of nitrogens with zero attached hydrogens (tertiary/aromatic N) is 1. The molecule has 6 atom stereocenters. The maximum atomic E-state index is 13.1. The fourth-order valence-electron chi connectivity index (χ4n) is 7.42. The maximum absolute atomic E-state index is 13.1. The van der Waals surface area contributed by atoms with E-state index in [1.54, 1.807) is 0 Å². The highest BCUT2D eigenvalue weighted by atomic mass is 17.0. The van der Waals surface area contributed by atoms with E-state index in [1.165, 1.54) is 25.5 Å². The molecule has 4 rings (SSSR count). The number of methoxy groups -OCH3 is 1. The molecule has 8 heteroatoms. The number of carbonyl (C=O) groups excluding carboxylic acids is 2. The van der Waals surface area contributed by atoms with Crippen molar-refractivity contribution in [3.05, 3.63) is 33.4 Å². The number of rotatable bonds is 5. The summed E-state index contributed by atoms with van der Waals surface area (Å²) < 4.78 is 4.19. The lowest BCUT2D eigenvalue weighted by molar-refractivity contribution is -0.766. The van der Waals surface area contributed by atoms with Crippen molar-refractivity contribution in [1.82, 2.24) is 5.32 Å². The Hall–Kier alpha value is -2.22. The van der Waals surface area contributed by atoms with E-state index >= 15 is 0 Å². The summed E-state index contributed by atoms with van der Waals surface area (Å²) in [5, 5.41) is 11.6. The van der Waals surface area contributed by atoms with Crippen LogP contribution in [0.3, 0.4) is 0 Å². The van der Waals surface area contributed by atoms with Gasteiger partial charge in [-0.2, -0.15) is 0 Å². The van der Waals surface area contributed by atoms with Crippen molar-refractivity contribution in [3.8, 4) is 0 Å². The monoisotopic (exact) mass is 522 g/mol. The Morgan fingerprint density at radius 2 is 1.86 bits per heavy atom. The topological polar surface area (TPSA) is 108 Å². The number of allylic oxidation sites excluding steroid dienone is 4. The Balaban J connectivity index is 0.000000674. The summed E-state index contributed by atoms with van der Waals surface area (Å²) in [5.74, 6) is 2.45. The zero-order valence-electron chi connectivity index (χ0n) is 22.1. The minimum atomic E-state index is -0.913. The lowest BCUT2D eigenvalue weighted by Gasteiger charge is -2.57. The largest absolute Gasteiger partial charge is 0.358 e. The quantitative estimate of drug-likeness (QED) is 0.197. The molecule has 1 amide bonds. The van der Waals surface area contributed by atoms with Crippen LogP contribution in [0.5, 0.6) is 0 Å². The summed E-state index contributed by atoms with van der Waals surface area (Å²) in [6.07, 6.45) is 13.4. The van der Waals surface area contributed by atoms with Gasteiger partial charge in [0.1, 0.15) is 6.29 Å². The number of amides is 1. The van der Waals surface area contributed by atoms with E-state index in [2.05, 4.69) is 61.7 Å². The van der Waals surface area contributed by atoms with Gasteiger partial charge >= 0.3 is 0 Å². The van der Waals surface area contributed by atoms with E-state index < -0.39 is 5.09 Å². The first-order valence-corrected chi connectivity index (χ1v) is 12.8. The first kappa shape index (κ1) is 32.8. The van der Waals surface area contributed by atoms with Crippen LogP contribution >= 0.6 is 0 Å². The molecule has 0 aliphatic heterocycles. The number of ether oxygens (including phenoxy) is 1. The number of fused-ring (bicyclic) bond motifs is 5. The van der Waals surface area contributed by atoms with E-state index in [0.717, 1.165) is 44.0 Å². The molecule has 0 bridgehead atoms. The summed E-state index contributed by atoms with van der Waals surface area (Å²) in [5.41, 5.74) is 2.55. The van der Waals surface area contributed by atoms with Crippen LogP contribution < -0.4 is 5.32 Å². The van der Waals surface area contributed by atoms with Crippen LogP contribution in [0, 0.1) is 44.6 Å². The average molecular weight is 523 g/mol. The first-order chi connectivity index (χ1) is 16.4. The zero-order chi connectivity index (χ0) is 26.0. The van der Waals surface area contributed by atoms with Crippen molar-refractivity contribution in [2.45, 2.75) is 100.0 Å². The Bertz CT molecular complexity index is 891. The van der Waals surface area contributed by atoms with Crippen molar-refractivity contribution >= 4 is 12.2 Å². The molecule has 0 heterocycles. The number of nitrogens with one attached hydrogen (secondary N) is 1. The van der Waals surface area contributed by atoms with Crippen LogP contribution in [0.15, 0.2) is 23.3 Å². The molecule has 0 aromatic rings. The molecular formula is C29H50N2O6. The molecule has 37 heavy (non-hydrogen) atoms. The van der Waals surface area contributed by atoms with Crippen LogP contribution in [0.1, 0.15) is 94.4 Å². The Labute approximate surface area is 223 Å². The van der Waals surface area contributed by atoms with Gasteiger partial charge in [-0.25, -0.2) is 0 Å². The third kappa shape index (κ3) is 6.81. The second-order valence-electron chi connectivity index (χ2n) is 12.2. The molecule has 8 nitrogen and oxygen atoms in total. The number of carbonyl (C=O) groups is 2. The van der Waals surface area contributed by atoms with Gasteiger partial charge in [0.15, 0.2) is 6.79 Å². The number of hydrogen-bond donors (Lipinski definition) is 1. The van der Waals surface area contributed by atoms with Gasteiger partial charge in [0.25, 0.3) is 5.09 Å². The maximum Gasteiger partial charge on any atom is 0.296 e. The van der Waals surface area contributed by atoms with Gasteiger partial charge in [-0.3, -0.25) is 14.4 Å². The Morgan fingerprint density at radius 3 is 2.41 bits per heavy atom. The van der Waals surface area contributed by atoms with Gasteiger partial charge in [-0.15, -0.1) is 10.1 Å². The van der Waals surface area contributed by atoms with Gasteiger partial charge in [0, 0.05) is 18.6 Å². The van der Waals surface area contributed by atoms with Crippen LogP contribution in [-0.4, -0.2) is 36.7 Å². The standard InChI is InChI=1S/C25H37NO2.C2H5NO4.2CH4/c1-23(2,3)26-22(28)21-9-8-19-18-7-6-17-14-16(15-27)10-12-24(17,4)20(18)11-13-25(19,21)5;1-6-2-7-3(4)5;;/h6,14-15,18-21H,7-13H2,1-5H3,(H,26,28);2H2,1H3;2*1H4/t18-,19?,20?,21+,24-,25-;;;/m0.../s1. The SMILES string of the molecule is C.C.CC(C)(C)NC(=O)[C@H]1CCC2[C@@H]3CC=C4C=C(C=O)CC[C@]4(C)C3CC[C@@]21C.COCO[N+](=O)[O-]. The molecule has 0 saturated heterocycles. The molecule has 0 aromatic carbocycles. The van der Waals surface area contributed by atoms with Crippen molar-refractivity contribution in [2.24, 2.45) is 34.5 Å². The summed E-state index contributed by atoms with van der Waals surface area (Å²) in [7, 11) is 1.31. The zero-order valence-corrected chi connectivity index (χ0v) is 22.1. The van der Waals surface area contributed by atoms with Crippen molar-refractivity contribution in [1.29, 1.82) is 0 Å². The minimum absolute atomic E-state index is 0. The Kier molecular flexibility index (Phi) is 11.1. The van der Waals surface area contributed by atoms with Gasteiger partial charge in [-0.05, 0) is 105 Å². The van der Waals surface area contributed by atoms with Crippen molar-refractivity contribution in [3.63, 3.8) is 0 Å². The number of aldehydes is 1. The fourth-order valence-corrected chi connectivity index (χ4v) is 7.42. The van der Waals surface area contributed by atoms with E-state index in [4.69, 9.17) is 0 Å². The van der Waals surface area contributed by atoms with Crippen molar-refractivity contribution < 1.29 is 24.3 Å². The average Bonchev–Trinajstić information content (AvgIpc) is 3.14. The summed E-state index contributed by atoms with van der Waals surface area (Å²) in [4.78, 5) is 37.3. The van der Waals surface area contributed by atoms with E-state index in [1.807, 2.05) is 0 Å². The first-order valence-electron chi connectivity index (χ1n) is 12.8. The van der Waals surface area contributed by atoms with E-state index in [-0.39, 0.29) is 49.8 Å². The van der Waals surface area contributed by atoms with Gasteiger partial charge < -0.3 is 10.1 Å². The van der Waals surface area contributed by atoms with Gasteiger partial charge in [0.05, 0.1) is 0 Å². The lowest BCUT2D eigenvalue weighted by atomic mass is 9.48. The lowest BCUT2D eigenvalue weighted by Crippen LogP contribution is -2.52. The molecule has 4 aliphatic rings. The summed E-state index contributed by atoms with van der Waals surface area (Å²) in [6, 6.07) is 0. The van der Waals surface area contributed by atoms with Crippen LogP contribution in [0.4, 0.5) is 0 Å². The fraction of sp³-hybridized carbons (Fsp3) is 0.793. The second-order valence-corrected chi connectivity index (χ2v) is 12.2. The molecule has 0 spiro atoms. The molecule has 1 N–H and O–H groups in total. The van der Waals surface area contributed by atoms with Crippen LogP contribution in [-0.2, 0) is 19.2 Å². The summed E-state index contributed by atoms with van der Waals surface area (Å²) in [6.45, 7) is 10.8. The highest BCUT2D eigenvalue weighted by molar-refractivity contribution is 5.80.